The van der Waals surface area contributed by atoms with Crippen LogP contribution in [0.5, 0.6) is 0 Å². The summed E-state index contributed by atoms with van der Waals surface area (Å²) in [5.41, 5.74) is 1.87. The molecular formula is C22H28N6OS. The molecule has 1 amide bonds. The first-order valence-corrected chi connectivity index (χ1v) is 12.0. The minimum atomic E-state index is -0.0185. The third-order valence-electron chi connectivity index (χ3n) is 6.66. The van der Waals surface area contributed by atoms with Crippen LogP contribution in [0.15, 0.2) is 0 Å². The SMILES string of the molecule is N#Cc1c(NC(=O)CN2CCCC(c3nnc4n3CCC4)C2)sc2c1CCCCC2. The molecule has 7 nitrogen and oxygen atoms in total. The molecule has 158 valence electrons. The lowest BCUT2D eigenvalue weighted by molar-refractivity contribution is -0.117. The van der Waals surface area contributed by atoms with E-state index in [-0.39, 0.29) is 5.91 Å². The fourth-order valence-electron chi connectivity index (χ4n) is 5.20. The van der Waals surface area contributed by atoms with Gasteiger partial charge in [0, 0.05) is 30.3 Å². The van der Waals surface area contributed by atoms with Crippen molar-refractivity contribution < 1.29 is 4.79 Å². The summed E-state index contributed by atoms with van der Waals surface area (Å²) >= 11 is 1.61. The molecule has 1 aliphatic carbocycles. The lowest BCUT2D eigenvalue weighted by atomic mass is 9.97. The van der Waals surface area contributed by atoms with Crippen molar-refractivity contribution in [2.75, 3.05) is 25.0 Å². The molecule has 5 rings (SSSR count). The lowest BCUT2D eigenvalue weighted by Gasteiger charge is -2.31. The van der Waals surface area contributed by atoms with Gasteiger partial charge in [-0.25, -0.2) is 0 Å². The number of carbonyl (C=O) groups is 1. The summed E-state index contributed by atoms with van der Waals surface area (Å²) in [7, 11) is 0. The highest BCUT2D eigenvalue weighted by atomic mass is 32.1. The highest BCUT2D eigenvalue weighted by Crippen LogP contribution is 2.37. The van der Waals surface area contributed by atoms with E-state index in [0.717, 1.165) is 81.2 Å². The minimum absolute atomic E-state index is 0.0185. The van der Waals surface area contributed by atoms with Crippen molar-refractivity contribution in [1.82, 2.24) is 19.7 Å². The van der Waals surface area contributed by atoms with Gasteiger partial charge >= 0.3 is 0 Å². The Labute approximate surface area is 181 Å². The number of aryl methyl sites for hydroxylation is 2. The van der Waals surface area contributed by atoms with Crippen LogP contribution >= 0.6 is 11.3 Å². The molecule has 1 atom stereocenters. The Morgan fingerprint density at radius 2 is 2.03 bits per heavy atom. The molecule has 1 N–H and O–H groups in total. The van der Waals surface area contributed by atoms with E-state index in [9.17, 15) is 10.1 Å². The van der Waals surface area contributed by atoms with Crippen LogP contribution in [0.1, 0.15) is 72.1 Å². The van der Waals surface area contributed by atoms with E-state index in [1.807, 2.05) is 0 Å². The molecule has 0 spiro atoms. The quantitative estimate of drug-likeness (QED) is 0.762. The average Bonchev–Trinajstić information content (AvgIpc) is 3.39. The maximum atomic E-state index is 12.8. The van der Waals surface area contributed by atoms with E-state index >= 15 is 0 Å². The number of anilines is 1. The number of amides is 1. The van der Waals surface area contributed by atoms with Crippen LogP contribution in [-0.2, 0) is 30.6 Å². The van der Waals surface area contributed by atoms with Crippen LogP contribution in [-0.4, -0.2) is 45.2 Å². The second-order valence-electron chi connectivity index (χ2n) is 8.73. The van der Waals surface area contributed by atoms with E-state index in [0.29, 0.717) is 18.0 Å². The molecule has 4 heterocycles. The van der Waals surface area contributed by atoms with Crippen molar-refractivity contribution in [3.05, 3.63) is 27.7 Å². The van der Waals surface area contributed by atoms with Gasteiger partial charge < -0.3 is 9.88 Å². The normalized spacial score (nSPS) is 21.5. The Balaban J connectivity index is 1.24. The van der Waals surface area contributed by atoms with Crippen LogP contribution in [0, 0.1) is 11.3 Å². The topological polar surface area (TPSA) is 86.8 Å². The van der Waals surface area contributed by atoms with Gasteiger partial charge in [0.25, 0.3) is 0 Å². The monoisotopic (exact) mass is 424 g/mol. The smallest absolute Gasteiger partial charge is 0.239 e. The molecule has 8 heteroatoms. The second-order valence-corrected chi connectivity index (χ2v) is 9.84. The van der Waals surface area contributed by atoms with Crippen LogP contribution in [0.3, 0.4) is 0 Å². The summed E-state index contributed by atoms with van der Waals surface area (Å²) in [6.07, 6.45) is 9.87. The number of hydrogen-bond acceptors (Lipinski definition) is 6. The van der Waals surface area contributed by atoms with Gasteiger partial charge in [0.2, 0.25) is 5.91 Å². The summed E-state index contributed by atoms with van der Waals surface area (Å²) in [6.45, 7) is 3.16. The number of thiophene rings is 1. The largest absolute Gasteiger partial charge is 0.315 e. The van der Waals surface area contributed by atoms with E-state index in [2.05, 4.69) is 31.1 Å². The molecule has 0 aromatic carbocycles. The molecule has 3 aliphatic rings. The van der Waals surface area contributed by atoms with Gasteiger partial charge in [0.15, 0.2) is 0 Å². The van der Waals surface area contributed by atoms with Crippen molar-refractivity contribution in [1.29, 1.82) is 5.26 Å². The number of carbonyl (C=O) groups excluding carboxylic acids is 1. The van der Waals surface area contributed by atoms with E-state index in [1.54, 1.807) is 11.3 Å². The van der Waals surface area contributed by atoms with Crippen LogP contribution in [0.25, 0.3) is 0 Å². The van der Waals surface area contributed by atoms with Gasteiger partial charge in [-0.2, -0.15) is 5.26 Å². The predicted octanol–water partition coefficient (Wildman–Crippen LogP) is 3.24. The summed E-state index contributed by atoms with van der Waals surface area (Å²) in [6, 6.07) is 2.35. The molecule has 1 unspecified atom stereocenters. The zero-order chi connectivity index (χ0) is 20.5. The number of piperidine rings is 1. The predicted molar refractivity (Wildman–Crippen MR) is 116 cm³/mol. The van der Waals surface area contributed by atoms with Crippen LogP contribution < -0.4 is 5.32 Å². The fourth-order valence-corrected chi connectivity index (χ4v) is 6.46. The molecule has 2 aliphatic heterocycles. The zero-order valence-corrected chi connectivity index (χ0v) is 18.1. The third-order valence-corrected chi connectivity index (χ3v) is 7.87. The summed E-state index contributed by atoms with van der Waals surface area (Å²) in [5, 5.41) is 22.3. The summed E-state index contributed by atoms with van der Waals surface area (Å²) < 4.78 is 2.28. The Morgan fingerprint density at radius 3 is 2.93 bits per heavy atom. The van der Waals surface area contributed by atoms with E-state index < -0.39 is 0 Å². The molecule has 30 heavy (non-hydrogen) atoms. The molecule has 0 bridgehead atoms. The maximum absolute atomic E-state index is 12.8. The number of nitrogens with zero attached hydrogens (tertiary/aromatic N) is 5. The summed E-state index contributed by atoms with van der Waals surface area (Å²) in [5.74, 6) is 2.54. The first-order chi connectivity index (χ1) is 14.7. The number of nitriles is 1. The Kier molecular flexibility index (Phi) is 5.57. The highest BCUT2D eigenvalue weighted by molar-refractivity contribution is 7.16. The molecular weight excluding hydrogens is 396 g/mol. The lowest BCUT2D eigenvalue weighted by Crippen LogP contribution is -2.40. The van der Waals surface area contributed by atoms with Gasteiger partial charge in [-0.05, 0) is 57.1 Å². The van der Waals surface area contributed by atoms with Gasteiger partial charge in [-0.1, -0.05) is 6.42 Å². The van der Waals surface area contributed by atoms with Crippen molar-refractivity contribution in [3.63, 3.8) is 0 Å². The van der Waals surface area contributed by atoms with Crippen LogP contribution in [0.2, 0.25) is 0 Å². The van der Waals surface area contributed by atoms with Gasteiger partial charge in [0.05, 0.1) is 12.1 Å². The Morgan fingerprint density at radius 1 is 1.13 bits per heavy atom. The molecule has 0 radical (unpaired) electrons. The first kappa shape index (κ1) is 19.7. The highest BCUT2D eigenvalue weighted by Gasteiger charge is 2.29. The fraction of sp³-hybridized carbons (Fsp3) is 0.636. The average molecular weight is 425 g/mol. The Bertz CT molecular complexity index is 987. The van der Waals surface area contributed by atoms with Gasteiger partial charge in [0.1, 0.15) is 22.7 Å². The number of likely N-dealkylation sites (tertiary alicyclic amines) is 1. The number of fused-ring (bicyclic) bond motifs is 2. The number of hydrogen-bond donors (Lipinski definition) is 1. The molecule has 2 aromatic heterocycles. The standard InChI is InChI=1S/C22H28N6OS/c23-12-17-16-7-2-1-3-8-18(16)30-22(17)24-20(29)14-27-10-4-6-15(13-27)21-26-25-19-9-5-11-28(19)21/h15H,1-11,13-14H2,(H,24,29). The Hall–Kier alpha value is -2.24. The molecule has 1 fully saturated rings. The minimum Gasteiger partial charge on any atom is -0.315 e. The van der Waals surface area contributed by atoms with Crippen molar-refractivity contribution >= 4 is 22.2 Å². The maximum Gasteiger partial charge on any atom is 0.239 e. The molecule has 1 saturated heterocycles. The number of rotatable bonds is 4. The van der Waals surface area contributed by atoms with Crippen LogP contribution in [0.4, 0.5) is 5.00 Å². The third kappa shape index (κ3) is 3.77. The zero-order valence-electron chi connectivity index (χ0n) is 17.3. The first-order valence-electron chi connectivity index (χ1n) is 11.2. The molecule has 2 aromatic rings. The van der Waals surface area contributed by atoms with Crippen molar-refractivity contribution in [2.24, 2.45) is 0 Å². The second kappa shape index (κ2) is 8.48. The van der Waals surface area contributed by atoms with E-state index in [1.165, 1.54) is 23.3 Å². The van der Waals surface area contributed by atoms with Crippen molar-refractivity contribution in [3.8, 4) is 6.07 Å². The molecule has 0 saturated carbocycles. The number of nitrogens with one attached hydrogen (secondary N) is 1. The van der Waals surface area contributed by atoms with Gasteiger partial charge in [-0.3, -0.25) is 9.69 Å². The number of aromatic nitrogens is 3. The van der Waals surface area contributed by atoms with Crippen molar-refractivity contribution in [2.45, 2.75) is 70.3 Å². The van der Waals surface area contributed by atoms with Gasteiger partial charge in [-0.15, -0.1) is 21.5 Å². The summed E-state index contributed by atoms with van der Waals surface area (Å²) in [4.78, 5) is 16.3. The van der Waals surface area contributed by atoms with E-state index in [4.69, 9.17) is 0 Å².